The molecule has 0 aliphatic heterocycles. The molecular weight excluding hydrogens is 380 g/mol. The standard InChI is InChI=1S/C19H34N4O4S/c1-5-20-19(21-12-8-13-23-28(4,24)25)22-14-11-16-9-10-17(26-6-2)18(15-16)27-7-3/h9-10,15,23H,5-8,11-14H2,1-4H3,(H2,20,21,22). The summed E-state index contributed by atoms with van der Waals surface area (Å²) in [4.78, 5) is 4.46. The van der Waals surface area contributed by atoms with Gasteiger partial charge in [0.25, 0.3) is 0 Å². The van der Waals surface area contributed by atoms with Crippen molar-refractivity contribution in [2.45, 2.75) is 33.6 Å². The molecule has 0 aliphatic carbocycles. The van der Waals surface area contributed by atoms with Crippen LogP contribution >= 0.6 is 0 Å². The van der Waals surface area contributed by atoms with Crippen LogP contribution in [0.5, 0.6) is 11.5 Å². The minimum Gasteiger partial charge on any atom is -0.490 e. The highest BCUT2D eigenvalue weighted by molar-refractivity contribution is 7.88. The summed E-state index contributed by atoms with van der Waals surface area (Å²) in [5, 5.41) is 6.48. The molecule has 28 heavy (non-hydrogen) atoms. The summed E-state index contributed by atoms with van der Waals surface area (Å²) < 4.78 is 35.8. The largest absolute Gasteiger partial charge is 0.490 e. The molecule has 160 valence electrons. The Morgan fingerprint density at radius 2 is 1.75 bits per heavy atom. The van der Waals surface area contributed by atoms with E-state index in [1.807, 2.05) is 39.0 Å². The van der Waals surface area contributed by atoms with Crippen molar-refractivity contribution in [3.8, 4) is 11.5 Å². The fourth-order valence-electron chi connectivity index (χ4n) is 2.45. The van der Waals surface area contributed by atoms with Crippen molar-refractivity contribution >= 4 is 16.0 Å². The van der Waals surface area contributed by atoms with E-state index in [0.717, 1.165) is 42.2 Å². The Hall–Kier alpha value is -2.00. The third kappa shape index (κ3) is 10.4. The molecule has 0 saturated carbocycles. The molecule has 0 aliphatic rings. The highest BCUT2D eigenvalue weighted by atomic mass is 32.2. The molecule has 3 N–H and O–H groups in total. The van der Waals surface area contributed by atoms with E-state index in [4.69, 9.17) is 9.47 Å². The Labute approximate surface area is 169 Å². The SMILES string of the molecule is CCNC(=NCCCNS(C)(=O)=O)NCCc1ccc(OCC)c(OCC)c1. The van der Waals surface area contributed by atoms with Gasteiger partial charge in [-0.05, 0) is 51.3 Å². The van der Waals surface area contributed by atoms with Gasteiger partial charge in [-0.15, -0.1) is 0 Å². The van der Waals surface area contributed by atoms with Crippen molar-refractivity contribution in [2.75, 3.05) is 45.6 Å². The zero-order valence-electron chi connectivity index (χ0n) is 17.4. The van der Waals surface area contributed by atoms with E-state index < -0.39 is 10.0 Å². The van der Waals surface area contributed by atoms with Crippen LogP contribution in [0, 0.1) is 0 Å². The maximum atomic E-state index is 11.0. The van der Waals surface area contributed by atoms with Gasteiger partial charge in [0.15, 0.2) is 17.5 Å². The maximum absolute atomic E-state index is 11.0. The molecule has 0 bridgehead atoms. The summed E-state index contributed by atoms with van der Waals surface area (Å²) in [6.07, 6.45) is 2.60. The van der Waals surface area contributed by atoms with E-state index in [9.17, 15) is 8.42 Å². The van der Waals surface area contributed by atoms with E-state index in [0.29, 0.717) is 39.3 Å². The number of hydrogen-bond donors (Lipinski definition) is 3. The third-order valence-electron chi connectivity index (χ3n) is 3.63. The normalized spacial score (nSPS) is 11.9. The van der Waals surface area contributed by atoms with E-state index in [-0.39, 0.29) is 0 Å². The molecule has 0 aromatic heterocycles. The first-order valence-electron chi connectivity index (χ1n) is 9.74. The second-order valence-corrected chi connectivity index (χ2v) is 7.94. The molecule has 9 heteroatoms. The van der Waals surface area contributed by atoms with Crippen LogP contribution in [0.3, 0.4) is 0 Å². The van der Waals surface area contributed by atoms with Gasteiger partial charge in [0, 0.05) is 26.2 Å². The molecule has 1 aromatic rings. The van der Waals surface area contributed by atoms with Gasteiger partial charge >= 0.3 is 0 Å². The number of nitrogens with zero attached hydrogens (tertiary/aromatic N) is 1. The van der Waals surface area contributed by atoms with Gasteiger partial charge in [-0.1, -0.05) is 6.07 Å². The lowest BCUT2D eigenvalue weighted by atomic mass is 10.1. The molecule has 0 amide bonds. The predicted octanol–water partition coefficient (Wildman–Crippen LogP) is 1.52. The van der Waals surface area contributed by atoms with Crippen molar-refractivity contribution < 1.29 is 17.9 Å². The Morgan fingerprint density at radius 3 is 2.39 bits per heavy atom. The molecule has 0 spiro atoms. The average Bonchev–Trinajstić information content (AvgIpc) is 2.63. The second kappa shape index (κ2) is 13.2. The molecule has 0 heterocycles. The summed E-state index contributed by atoms with van der Waals surface area (Å²) in [6, 6.07) is 5.99. The molecule has 0 atom stereocenters. The van der Waals surface area contributed by atoms with Crippen LogP contribution in [0.15, 0.2) is 23.2 Å². The number of nitrogens with one attached hydrogen (secondary N) is 3. The highest BCUT2D eigenvalue weighted by Crippen LogP contribution is 2.28. The quantitative estimate of drug-likeness (QED) is 0.257. The smallest absolute Gasteiger partial charge is 0.208 e. The van der Waals surface area contributed by atoms with Crippen LogP contribution in [0.25, 0.3) is 0 Å². The molecule has 0 unspecified atom stereocenters. The molecule has 0 radical (unpaired) electrons. The lowest BCUT2D eigenvalue weighted by molar-refractivity contribution is 0.287. The summed E-state index contributed by atoms with van der Waals surface area (Å²) in [5.74, 6) is 2.25. The molecule has 0 fully saturated rings. The van der Waals surface area contributed by atoms with Crippen molar-refractivity contribution in [1.29, 1.82) is 0 Å². The molecule has 1 aromatic carbocycles. The van der Waals surface area contributed by atoms with Crippen LogP contribution < -0.4 is 24.8 Å². The molecule has 8 nitrogen and oxygen atoms in total. The minimum absolute atomic E-state index is 0.383. The van der Waals surface area contributed by atoms with Gasteiger partial charge in [-0.25, -0.2) is 13.1 Å². The van der Waals surface area contributed by atoms with Crippen LogP contribution in [-0.4, -0.2) is 60.0 Å². The lowest BCUT2D eigenvalue weighted by Gasteiger charge is -2.14. The van der Waals surface area contributed by atoms with Crippen LogP contribution in [0.1, 0.15) is 32.8 Å². The summed E-state index contributed by atoms with van der Waals surface area (Å²) in [6.45, 7) is 9.49. The first-order valence-corrected chi connectivity index (χ1v) is 11.6. The van der Waals surface area contributed by atoms with Crippen LogP contribution in [0.2, 0.25) is 0 Å². The molecular formula is C19H34N4O4S. The zero-order valence-corrected chi connectivity index (χ0v) is 18.2. The van der Waals surface area contributed by atoms with Crippen molar-refractivity contribution in [2.24, 2.45) is 4.99 Å². The highest BCUT2D eigenvalue weighted by Gasteiger charge is 2.06. The maximum Gasteiger partial charge on any atom is 0.208 e. The number of guanidine groups is 1. The zero-order chi connectivity index (χ0) is 20.8. The third-order valence-corrected chi connectivity index (χ3v) is 4.36. The van der Waals surface area contributed by atoms with E-state index in [1.54, 1.807) is 0 Å². The van der Waals surface area contributed by atoms with Crippen LogP contribution in [0.4, 0.5) is 0 Å². The predicted molar refractivity (Wildman–Crippen MR) is 114 cm³/mol. The van der Waals surface area contributed by atoms with Gasteiger partial charge in [0.2, 0.25) is 10.0 Å². The van der Waals surface area contributed by atoms with Gasteiger partial charge in [-0.2, -0.15) is 0 Å². The van der Waals surface area contributed by atoms with E-state index >= 15 is 0 Å². The first-order chi connectivity index (χ1) is 13.4. The van der Waals surface area contributed by atoms with Gasteiger partial charge < -0.3 is 20.1 Å². The summed E-state index contributed by atoms with van der Waals surface area (Å²) >= 11 is 0. The number of aliphatic imine (C=N–C) groups is 1. The van der Waals surface area contributed by atoms with Crippen molar-refractivity contribution in [3.05, 3.63) is 23.8 Å². The number of ether oxygens (including phenoxy) is 2. The Bertz CT molecular complexity index is 708. The lowest BCUT2D eigenvalue weighted by Crippen LogP contribution is -2.38. The van der Waals surface area contributed by atoms with E-state index in [1.165, 1.54) is 0 Å². The fourth-order valence-corrected chi connectivity index (χ4v) is 2.96. The van der Waals surface area contributed by atoms with Crippen molar-refractivity contribution in [3.63, 3.8) is 0 Å². The molecule has 1 rings (SSSR count). The minimum atomic E-state index is -3.14. The number of benzene rings is 1. The Balaban J connectivity index is 2.52. The topological polar surface area (TPSA) is 101 Å². The Kier molecular flexibility index (Phi) is 11.4. The Morgan fingerprint density at radius 1 is 1.04 bits per heavy atom. The fraction of sp³-hybridized carbons (Fsp3) is 0.632. The van der Waals surface area contributed by atoms with E-state index in [2.05, 4.69) is 20.3 Å². The number of rotatable bonds is 13. The van der Waals surface area contributed by atoms with Gasteiger partial charge in [0.1, 0.15) is 0 Å². The average molecular weight is 415 g/mol. The number of hydrogen-bond acceptors (Lipinski definition) is 5. The summed E-state index contributed by atoms with van der Waals surface area (Å²) in [5.41, 5.74) is 1.15. The van der Waals surface area contributed by atoms with Crippen molar-refractivity contribution in [1.82, 2.24) is 15.4 Å². The van der Waals surface area contributed by atoms with Gasteiger partial charge in [0.05, 0.1) is 19.5 Å². The molecule has 0 saturated heterocycles. The number of sulfonamides is 1. The second-order valence-electron chi connectivity index (χ2n) is 6.10. The van der Waals surface area contributed by atoms with Crippen LogP contribution in [-0.2, 0) is 16.4 Å². The monoisotopic (exact) mass is 414 g/mol. The van der Waals surface area contributed by atoms with Gasteiger partial charge in [-0.3, -0.25) is 4.99 Å². The first kappa shape index (κ1) is 24.0. The summed E-state index contributed by atoms with van der Waals surface area (Å²) in [7, 11) is -3.14.